The van der Waals surface area contributed by atoms with E-state index in [0.717, 1.165) is 0 Å². The number of pyridine rings is 1. The van der Waals surface area contributed by atoms with Gasteiger partial charge in [-0.2, -0.15) is 13.2 Å². The van der Waals surface area contributed by atoms with Gasteiger partial charge in [0.25, 0.3) is 10.0 Å². The first-order valence-electron chi connectivity index (χ1n) is 6.91. The molecule has 25 heavy (non-hydrogen) atoms. The van der Waals surface area contributed by atoms with E-state index in [1.54, 1.807) is 18.2 Å². The summed E-state index contributed by atoms with van der Waals surface area (Å²) in [4.78, 5) is 3.77. The van der Waals surface area contributed by atoms with Crippen LogP contribution < -0.4 is 4.72 Å². The van der Waals surface area contributed by atoms with Gasteiger partial charge in [0, 0.05) is 11.6 Å². The number of para-hydroxylation sites is 1. The van der Waals surface area contributed by atoms with Gasteiger partial charge in [-0.1, -0.05) is 18.2 Å². The molecule has 0 aliphatic carbocycles. The van der Waals surface area contributed by atoms with E-state index in [0.29, 0.717) is 17.5 Å². The lowest BCUT2D eigenvalue weighted by molar-refractivity contribution is -0.137. The Morgan fingerprint density at radius 1 is 1.00 bits per heavy atom. The zero-order chi connectivity index (χ0) is 18.2. The van der Waals surface area contributed by atoms with Crippen LogP contribution in [0.1, 0.15) is 5.56 Å². The van der Waals surface area contributed by atoms with Gasteiger partial charge in [0.15, 0.2) is 0 Å². The maximum Gasteiger partial charge on any atom is 0.416 e. The number of nitrogens with one attached hydrogen (secondary N) is 1. The fraction of sp³-hybridized carbons (Fsp3) is 0.0625. The van der Waals surface area contributed by atoms with E-state index in [1.807, 2.05) is 4.72 Å². The topological polar surface area (TPSA) is 59.1 Å². The Morgan fingerprint density at radius 2 is 1.72 bits per heavy atom. The molecule has 9 heteroatoms. The number of alkyl halides is 3. The van der Waals surface area contributed by atoms with E-state index in [9.17, 15) is 26.0 Å². The third-order valence-electron chi connectivity index (χ3n) is 3.36. The molecule has 0 aliphatic heterocycles. The summed E-state index contributed by atoms with van der Waals surface area (Å²) >= 11 is 0. The second-order valence-electron chi connectivity index (χ2n) is 5.16. The fourth-order valence-corrected chi connectivity index (χ4v) is 3.54. The minimum absolute atomic E-state index is 0.157. The first-order chi connectivity index (χ1) is 11.7. The SMILES string of the molecule is O=S(=O)(Nc1cc(F)cc(C(F)(F)F)c1)c1cccc2cccnc12. The maximum absolute atomic E-state index is 13.4. The number of aromatic nitrogens is 1. The van der Waals surface area contributed by atoms with E-state index in [4.69, 9.17) is 0 Å². The lowest BCUT2D eigenvalue weighted by atomic mass is 10.2. The number of hydrogen-bond donors (Lipinski definition) is 1. The van der Waals surface area contributed by atoms with Crippen molar-refractivity contribution < 1.29 is 26.0 Å². The van der Waals surface area contributed by atoms with Crippen molar-refractivity contribution in [3.05, 3.63) is 66.1 Å². The van der Waals surface area contributed by atoms with Gasteiger partial charge >= 0.3 is 6.18 Å². The summed E-state index contributed by atoms with van der Waals surface area (Å²) in [5.41, 5.74) is -1.66. The normalized spacial score (nSPS) is 12.3. The molecule has 0 saturated carbocycles. The Morgan fingerprint density at radius 3 is 2.44 bits per heavy atom. The molecule has 0 amide bonds. The predicted molar refractivity (Wildman–Crippen MR) is 84.0 cm³/mol. The minimum Gasteiger partial charge on any atom is -0.279 e. The van der Waals surface area contributed by atoms with Crippen molar-refractivity contribution >= 4 is 26.6 Å². The summed E-state index contributed by atoms with van der Waals surface area (Å²) in [6, 6.07) is 9.14. The largest absolute Gasteiger partial charge is 0.416 e. The molecule has 1 aromatic heterocycles. The third kappa shape index (κ3) is 3.55. The highest BCUT2D eigenvalue weighted by Gasteiger charge is 2.32. The first-order valence-corrected chi connectivity index (χ1v) is 8.39. The number of fused-ring (bicyclic) bond motifs is 1. The van der Waals surface area contributed by atoms with Crippen LogP contribution in [0.2, 0.25) is 0 Å². The highest BCUT2D eigenvalue weighted by atomic mass is 32.2. The van der Waals surface area contributed by atoms with Gasteiger partial charge in [-0.15, -0.1) is 0 Å². The lowest BCUT2D eigenvalue weighted by Crippen LogP contribution is -2.15. The Kier molecular flexibility index (Phi) is 4.11. The molecular weight excluding hydrogens is 360 g/mol. The van der Waals surface area contributed by atoms with E-state index >= 15 is 0 Å². The molecule has 0 fully saturated rings. The molecule has 3 aromatic rings. The highest BCUT2D eigenvalue weighted by Crippen LogP contribution is 2.32. The van der Waals surface area contributed by atoms with Crippen molar-refractivity contribution in [1.82, 2.24) is 4.98 Å². The molecule has 0 saturated heterocycles. The standard InChI is InChI=1S/C16H10F4N2O2S/c17-12-7-11(16(18,19)20)8-13(9-12)22-25(23,24)14-5-1-3-10-4-2-6-21-15(10)14/h1-9,22H. The van der Waals surface area contributed by atoms with E-state index in [2.05, 4.69) is 4.98 Å². The molecular formula is C16H10F4N2O2S. The third-order valence-corrected chi connectivity index (χ3v) is 4.78. The highest BCUT2D eigenvalue weighted by molar-refractivity contribution is 7.93. The number of rotatable bonds is 3. The average molecular weight is 370 g/mol. The maximum atomic E-state index is 13.4. The van der Waals surface area contributed by atoms with E-state index in [1.165, 1.54) is 18.3 Å². The molecule has 1 N–H and O–H groups in total. The van der Waals surface area contributed by atoms with Gasteiger partial charge in [0.05, 0.1) is 16.8 Å². The van der Waals surface area contributed by atoms with Gasteiger partial charge in [0.1, 0.15) is 10.7 Å². The number of hydrogen-bond acceptors (Lipinski definition) is 3. The molecule has 0 atom stereocenters. The summed E-state index contributed by atoms with van der Waals surface area (Å²) in [5.74, 6) is -1.21. The summed E-state index contributed by atoms with van der Waals surface area (Å²) < 4.78 is 78.8. The number of benzene rings is 2. The van der Waals surface area contributed by atoms with Gasteiger partial charge in [-0.3, -0.25) is 9.71 Å². The van der Waals surface area contributed by atoms with Crippen LogP contribution in [0.4, 0.5) is 23.2 Å². The van der Waals surface area contributed by atoms with Crippen molar-refractivity contribution in [3.8, 4) is 0 Å². The predicted octanol–water partition coefficient (Wildman–Crippen LogP) is 4.19. The van der Waals surface area contributed by atoms with Crippen molar-refractivity contribution in [2.45, 2.75) is 11.1 Å². The lowest BCUT2D eigenvalue weighted by Gasteiger charge is -2.12. The van der Waals surface area contributed by atoms with Crippen molar-refractivity contribution in [2.24, 2.45) is 0 Å². The van der Waals surface area contributed by atoms with Gasteiger partial charge < -0.3 is 0 Å². The number of nitrogens with zero attached hydrogens (tertiary/aromatic N) is 1. The van der Waals surface area contributed by atoms with Crippen molar-refractivity contribution in [3.63, 3.8) is 0 Å². The average Bonchev–Trinajstić information content (AvgIpc) is 2.52. The van der Waals surface area contributed by atoms with Crippen LogP contribution in [0, 0.1) is 5.82 Å². The molecule has 0 aliphatic rings. The smallest absolute Gasteiger partial charge is 0.279 e. The first kappa shape index (κ1) is 17.2. The second-order valence-corrected chi connectivity index (χ2v) is 6.81. The van der Waals surface area contributed by atoms with Crippen LogP contribution >= 0.6 is 0 Å². The molecule has 0 radical (unpaired) electrons. The van der Waals surface area contributed by atoms with Crippen LogP contribution in [-0.4, -0.2) is 13.4 Å². The molecule has 0 unspecified atom stereocenters. The molecule has 3 rings (SSSR count). The molecule has 0 spiro atoms. The summed E-state index contributed by atoms with van der Waals surface area (Å²) in [6.45, 7) is 0. The van der Waals surface area contributed by atoms with Crippen LogP contribution in [-0.2, 0) is 16.2 Å². The summed E-state index contributed by atoms with van der Waals surface area (Å²) in [5, 5.41) is 0.542. The van der Waals surface area contributed by atoms with Crippen LogP contribution in [0.3, 0.4) is 0 Å². The van der Waals surface area contributed by atoms with Gasteiger partial charge in [-0.05, 0) is 30.3 Å². The Balaban J connectivity index is 2.06. The number of sulfonamides is 1. The summed E-state index contributed by atoms with van der Waals surface area (Å²) in [7, 11) is -4.27. The van der Waals surface area contributed by atoms with Crippen LogP contribution in [0.5, 0.6) is 0 Å². The molecule has 0 bridgehead atoms. The quantitative estimate of drug-likeness (QED) is 0.703. The number of halogens is 4. The van der Waals surface area contributed by atoms with Crippen molar-refractivity contribution in [1.29, 1.82) is 0 Å². The zero-order valence-electron chi connectivity index (χ0n) is 12.4. The summed E-state index contributed by atoms with van der Waals surface area (Å²) in [6.07, 6.45) is -3.41. The molecule has 130 valence electrons. The second kappa shape index (κ2) is 5.99. The number of anilines is 1. The Hall–Kier alpha value is -2.68. The van der Waals surface area contributed by atoms with E-state index < -0.39 is 33.3 Å². The van der Waals surface area contributed by atoms with Crippen LogP contribution in [0.15, 0.2) is 59.6 Å². The van der Waals surface area contributed by atoms with Gasteiger partial charge in [0.2, 0.25) is 0 Å². The molecule has 1 heterocycles. The van der Waals surface area contributed by atoms with E-state index in [-0.39, 0.29) is 16.5 Å². The van der Waals surface area contributed by atoms with Gasteiger partial charge in [-0.25, -0.2) is 12.8 Å². The fourth-order valence-electron chi connectivity index (χ4n) is 2.32. The molecule has 2 aromatic carbocycles. The zero-order valence-corrected chi connectivity index (χ0v) is 13.2. The van der Waals surface area contributed by atoms with Crippen molar-refractivity contribution in [2.75, 3.05) is 4.72 Å². The Labute approximate surface area is 140 Å². The minimum atomic E-state index is -4.80. The molecule has 4 nitrogen and oxygen atoms in total. The Bertz CT molecular complexity index is 1040. The van der Waals surface area contributed by atoms with Crippen LogP contribution in [0.25, 0.3) is 10.9 Å². The monoisotopic (exact) mass is 370 g/mol.